The number of alkyl halides is 1. The molecule has 46 heteroatoms. The first-order valence-electron chi connectivity index (χ1n) is 40.3. The Morgan fingerprint density at radius 1 is 0.419 bits per heavy atom. The van der Waals surface area contributed by atoms with E-state index >= 15 is 0 Å². The Kier molecular flexibility index (Phi) is 27.4. The second-order valence-electron chi connectivity index (χ2n) is 37.0. The molecule has 2 bridgehead atoms. The maximum Gasteiger partial charge on any atom is 0.279 e. The van der Waals surface area contributed by atoms with Crippen molar-refractivity contribution >= 4 is 122 Å². The topological polar surface area (TPSA) is 555 Å². The third-order valence-electron chi connectivity index (χ3n) is 22.6. The minimum absolute atomic E-state index is 0.0627. The van der Waals surface area contributed by atoms with Gasteiger partial charge in [0.2, 0.25) is 5.79 Å². The summed E-state index contributed by atoms with van der Waals surface area (Å²) < 4.78 is 57.6. The van der Waals surface area contributed by atoms with Gasteiger partial charge in [-0.15, -0.1) is 65.9 Å². The van der Waals surface area contributed by atoms with Crippen LogP contribution < -0.4 is 27.8 Å². The largest absolute Gasteiger partial charge is 0.387 e. The van der Waals surface area contributed by atoms with Crippen LogP contribution in [0.2, 0.25) is 0 Å². The zero-order valence-corrected chi connectivity index (χ0v) is 77.2. The molecular formula is C78H118FN20O20P5. The Labute approximate surface area is 712 Å². The number of fused-ring (bicyclic) bond motifs is 7. The van der Waals surface area contributed by atoms with Gasteiger partial charge in [0.05, 0.1) is 62.2 Å². The summed E-state index contributed by atoms with van der Waals surface area (Å²) in [7, 11) is 0. The first-order valence-corrected chi connectivity index (χ1v) is 55.5. The van der Waals surface area contributed by atoms with Crippen LogP contribution in [0.25, 0.3) is 55.8 Å². The number of imidazole rings is 5. The maximum atomic E-state index is 14.6. The van der Waals surface area contributed by atoms with Crippen molar-refractivity contribution in [2.24, 2.45) is 0 Å². The van der Waals surface area contributed by atoms with Gasteiger partial charge in [-0.25, -0.2) is 54.2 Å². The van der Waals surface area contributed by atoms with Gasteiger partial charge in [-0.1, -0.05) is 0 Å². The molecule has 0 radical (unpaired) electrons. The number of aromatic nitrogens is 20. The molecule has 0 unspecified atom stereocenters. The molecule has 6 fully saturated rings. The van der Waals surface area contributed by atoms with Crippen LogP contribution in [0.1, 0.15) is 106 Å². The van der Waals surface area contributed by atoms with Crippen molar-refractivity contribution in [3.05, 3.63) is 113 Å². The fourth-order valence-electron chi connectivity index (χ4n) is 15.6. The Hall–Kier alpha value is -7.42. The average molecular weight is 1830 g/mol. The van der Waals surface area contributed by atoms with Gasteiger partial charge in [0.15, 0.2) is 93.1 Å². The van der Waals surface area contributed by atoms with Gasteiger partial charge in [0, 0.05) is 0 Å². The number of hydrogen-bond acceptors (Lipinski definition) is 30. The molecule has 6 aliphatic heterocycles. The first kappa shape index (κ1) is 95.7. The van der Waals surface area contributed by atoms with E-state index in [-0.39, 0.29) is 61.1 Å². The number of H-pyrrole nitrogens is 5. The van der Waals surface area contributed by atoms with Crippen LogP contribution in [0.15, 0.2) is 55.6 Å². The number of aryl methyl sites for hydroxylation is 5. The lowest BCUT2D eigenvalue weighted by molar-refractivity contribution is -0.247. The van der Waals surface area contributed by atoms with Crippen molar-refractivity contribution in [1.29, 1.82) is 0 Å². The molecule has 14 N–H and O–H groups in total. The number of nitrogens with one attached hydrogen (secondary N) is 5. The van der Waals surface area contributed by atoms with Crippen LogP contribution >= 0.6 is 34.4 Å². The number of halogens is 1. The Morgan fingerprint density at radius 2 is 0.750 bits per heavy atom. The first-order chi connectivity index (χ1) is 57.4. The number of hydrogen-bond donors (Lipinski definition) is 14. The van der Waals surface area contributed by atoms with Gasteiger partial charge in [-0.05, 0) is 178 Å². The zero-order chi connectivity index (χ0) is 91.3. The van der Waals surface area contributed by atoms with Gasteiger partial charge in [0.25, 0.3) is 27.8 Å². The van der Waals surface area contributed by atoms with Crippen LogP contribution in [-0.2, 0) is 28.4 Å². The Bertz CT molecular complexity index is 5960. The van der Waals surface area contributed by atoms with Crippen LogP contribution in [0.3, 0.4) is 0 Å². The Balaban J connectivity index is 0.000000141. The predicted octanol–water partition coefficient (Wildman–Crippen LogP) is 2.22. The second-order valence-corrected chi connectivity index (χ2v) is 58.6. The van der Waals surface area contributed by atoms with Gasteiger partial charge >= 0.3 is 0 Å². The molecule has 10 aromatic heterocycles. The number of rotatable bonds is 20. The molecular weight excluding hydrogens is 1710 g/mol. The molecule has 16 heterocycles. The number of aliphatic hydroxyl groups is 9. The molecule has 0 amide bonds. The third kappa shape index (κ3) is 20.3. The third-order valence-corrected chi connectivity index (χ3v) is 29.9. The van der Waals surface area contributed by atoms with Gasteiger partial charge in [0.1, 0.15) is 83.1 Å². The fourth-order valence-corrected chi connectivity index (χ4v) is 20.5. The highest BCUT2D eigenvalue weighted by atomic mass is 31.2. The van der Waals surface area contributed by atoms with E-state index in [1.54, 1.807) is 46.1 Å². The normalized spacial score (nSPS) is 29.3. The minimum atomic E-state index is -2.53. The van der Waals surface area contributed by atoms with Crippen molar-refractivity contribution in [3.63, 3.8) is 0 Å². The summed E-state index contributed by atoms with van der Waals surface area (Å²) in [6.07, 6.45) is 19.5. The summed E-state index contributed by atoms with van der Waals surface area (Å²) in [6.45, 7) is 26.6. The molecule has 682 valence electrons. The van der Waals surface area contributed by atoms with Crippen molar-refractivity contribution in [2.75, 3.05) is 104 Å². The lowest BCUT2D eigenvalue weighted by Crippen LogP contribution is -2.46. The molecule has 0 aromatic carbocycles. The molecule has 10 aromatic rings. The summed E-state index contributed by atoms with van der Waals surface area (Å²) >= 11 is 0. The van der Waals surface area contributed by atoms with E-state index < -0.39 is 161 Å². The molecule has 16 rings (SSSR count). The van der Waals surface area contributed by atoms with Crippen molar-refractivity contribution in [1.82, 2.24) is 97.6 Å². The summed E-state index contributed by atoms with van der Waals surface area (Å²) in [5.41, 5.74) is -2.65. The van der Waals surface area contributed by atoms with Crippen molar-refractivity contribution < 1.29 is 78.8 Å². The monoisotopic (exact) mass is 1830 g/mol. The SMILES string of the molecule is C=P(C)(C)CC[C@@]1(C)O[C@@H](n2cnc3c(=O)[nH]c(C)nc32)[C@H](O)[C@@H]1O.C=P(C)(C)CC[C@@]12CO[C@@H]([C@H](n3cnc4c(=O)[nH]c(C)nc43)O1)[C@@H]2O.C=P(C)(C)CC[C@H]1O[C@@H](n2cnc3c(=O)[nH]c(C)nc32)C(O)(O)[C@@H]1O.C=P(C)(C)CC[C@H]1O[C@@H](n2cnc3c(=O)[nH]c(C)nc32)[C@H](F)[C@@H]1O.C=P(C)(C)CC[C@H]1O[C@@H](n2cnc3c(=O)[nH]c(C)nc32)[C@](C)(O)[C@@H]1O. The van der Waals surface area contributed by atoms with Crippen LogP contribution in [0.5, 0.6) is 0 Å². The highest BCUT2D eigenvalue weighted by Crippen LogP contribution is 2.52. The summed E-state index contributed by atoms with van der Waals surface area (Å²) in [4.78, 5) is 114. The molecule has 19 atom stereocenters. The number of nitrogens with zero attached hydrogens (tertiary/aromatic N) is 15. The molecule has 6 aliphatic rings. The standard InChI is InChI=1S/C16H23N4O4P.2C16H25N4O4P.C15H22FN4O3P.C15H23N4O5P/c1-9-18-13-10(14(22)19-9)17-8-20(13)15-11-12(21)16(24-15,7-23-11)5-6-25(2,3)4;1-9-18-13-10(14(23)19-9)17-8-20(13)15-11(21)12(22)16(2,24-15)6-7-25(3,4)5;1-9-18-13-11(14(22)19-9)17-8-20(13)15-16(2,23)12(21)10(24-15)6-7-25(3,4)5;1-8-18-13-11(14(22)19-8)17-7-20(13)15-10(16)12(21)9(23-15)5-6-24(2,3)4;1-8-17-12-10(13(21)18-8)16-7-19(12)14-15(22,23)11(20)9(24-14)5-6-25(2,3)4/h8,11-12,15,21H,2,5-7H2,1,3-4H3,(H,18,19,22);8,11-12,15,21-22H,3,6-7H2,1-2,4-5H3,(H,18,19,23);8,10,12,15,21,23H,3,6-7H2,1-2,4-5H3,(H,18,19,22);7,9-10,12,15,21H,2,5-6H2,1,3-4H3,(H,18,19,22);7,9,11,14,20,22-23H,2,5-6H2,1,3-4H3,(H,17,18,21)/t11-,12+,15-,16+;11-,12+,15-,16-;10-,12-,15-,16-;9-,10-,12-,15-;9-,11-,14-/m11111/s1. The summed E-state index contributed by atoms with van der Waals surface area (Å²) in [5.74, 6) is -0.374. The molecule has 0 aliphatic carbocycles. The smallest absolute Gasteiger partial charge is 0.279 e. The highest BCUT2D eigenvalue weighted by molar-refractivity contribution is 7.73. The predicted molar refractivity (Wildman–Crippen MR) is 483 cm³/mol. The quantitative estimate of drug-likeness (QED) is 0.0384. The Morgan fingerprint density at radius 3 is 1.15 bits per heavy atom. The molecule has 6 saturated heterocycles. The summed E-state index contributed by atoms with van der Waals surface area (Å²) in [5, 5.41) is 94.6. The van der Waals surface area contributed by atoms with Crippen LogP contribution in [-0.4, -0.2) is 369 Å². The zero-order valence-electron chi connectivity index (χ0n) is 72.8. The fraction of sp³-hybridized carbons (Fsp3) is 0.615. The maximum absolute atomic E-state index is 14.6. The average Bonchev–Trinajstić information content (AvgIpc) is 1.58. The number of aromatic amines is 5. The molecule has 124 heavy (non-hydrogen) atoms. The molecule has 0 saturated carbocycles. The van der Waals surface area contributed by atoms with E-state index in [9.17, 15) is 74.3 Å². The summed E-state index contributed by atoms with van der Waals surface area (Å²) in [6, 6.07) is 0. The van der Waals surface area contributed by atoms with Gasteiger partial charge in [-0.3, -0.25) is 46.8 Å². The van der Waals surface area contributed by atoms with Gasteiger partial charge < -0.3 is 99.3 Å². The number of aliphatic hydroxyl groups excluding tert-OH is 6. The molecule has 40 nitrogen and oxygen atoms in total. The van der Waals surface area contributed by atoms with Gasteiger partial charge in [-0.2, -0.15) is 0 Å². The minimum Gasteiger partial charge on any atom is -0.387 e. The lowest BCUT2D eigenvalue weighted by Gasteiger charge is -2.32. The van der Waals surface area contributed by atoms with Crippen LogP contribution in [0, 0.1) is 34.6 Å². The van der Waals surface area contributed by atoms with E-state index in [2.05, 4.69) is 173 Å². The van der Waals surface area contributed by atoms with E-state index in [1.807, 2.05) is 0 Å². The van der Waals surface area contributed by atoms with E-state index in [4.69, 9.17) is 28.4 Å². The van der Waals surface area contributed by atoms with E-state index in [0.29, 0.717) is 84.8 Å². The van der Waals surface area contributed by atoms with Crippen LogP contribution in [0.4, 0.5) is 4.39 Å². The number of ether oxygens (including phenoxy) is 6. The lowest BCUT2D eigenvalue weighted by atomic mass is 9.95. The second kappa shape index (κ2) is 35.6. The molecule has 0 spiro atoms. The van der Waals surface area contributed by atoms with E-state index in [0.717, 1.165) is 30.8 Å². The highest BCUT2D eigenvalue weighted by Gasteiger charge is 2.62. The van der Waals surface area contributed by atoms with Crippen molar-refractivity contribution in [2.45, 2.75) is 202 Å². The van der Waals surface area contributed by atoms with Crippen molar-refractivity contribution in [3.8, 4) is 0 Å². The van der Waals surface area contributed by atoms with E-state index in [1.165, 1.54) is 56.8 Å².